The molecule has 0 aliphatic heterocycles. The molecule has 10 heavy (non-hydrogen) atoms. The van der Waals surface area contributed by atoms with E-state index in [9.17, 15) is 8.78 Å². The Morgan fingerprint density at radius 2 is 1.20 bits per heavy atom. The van der Waals surface area contributed by atoms with Crippen LogP contribution in [0, 0.1) is 0 Å². The highest BCUT2D eigenvalue weighted by molar-refractivity contribution is 5.53. The molecule has 0 aromatic carbocycles. The van der Waals surface area contributed by atoms with E-state index in [1.54, 1.807) is 0 Å². The molecule has 2 N–H and O–H groups in total. The van der Waals surface area contributed by atoms with E-state index in [1.807, 2.05) is 0 Å². The fraction of sp³-hybridized carbons (Fsp3) is 0. The van der Waals surface area contributed by atoms with Gasteiger partial charge in [0.05, 0.1) is 12.7 Å². The van der Waals surface area contributed by atoms with E-state index >= 15 is 0 Å². The molecule has 0 saturated heterocycles. The first-order valence-electron chi connectivity index (χ1n) is 1.90. The lowest BCUT2D eigenvalue weighted by molar-refractivity contribution is 0.137. The highest BCUT2D eigenvalue weighted by Crippen LogP contribution is 1.48. The Morgan fingerprint density at radius 1 is 1.20 bits per heavy atom. The number of carboxylic acid groups (broad SMARTS) is 2. The van der Waals surface area contributed by atoms with Gasteiger partial charge in [0.2, 0.25) is 0 Å². The lowest BCUT2D eigenvalue weighted by atomic mass is 11.2. The van der Waals surface area contributed by atoms with E-state index in [1.165, 1.54) is 0 Å². The van der Waals surface area contributed by atoms with Crippen molar-refractivity contribution in [1.29, 1.82) is 0 Å². The van der Waals surface area contributed by atoms with Gasteiger partial charge in [-0.1, -0.05) is 13.2 Å². The van der Waals surface area contributed by atoms with Crippen LogP contribution in [0.2, 0.25) is 0 Å². The summed E-state index contributed by atoms with van der Waals surface area (Å²) in [7, 11) is 0. The molecule has 0 rings (SSSR count). The van der Waals surface area contributed by atoms with Gasteiger partial charge < -0.3 is 10.2 Å². The number of rotatable bonds is 0. The Hall–Kier alpha value is -1.39. The van der Waals surface area contributed by atoms with Crippen LogP contribution in [-0.2, 0) is 0 Å². The monoisotopic (exact) mass is 154 g/mol. The summed E-state index contributed by atoms with van der Waals surface area (Å²) in [6.45, 7) is 5.39. The van der Waals surface area contributed by atoms with Gasteiger partial charge in [-0.15, -0.1) is 0 Å². The molecular weight excluding hydrogens is 146 g/mol. The average Bonchev–Trinajstić information content (AvgIpc) is 1.65. The lowest BCUT2D eigenvalue weighted by Gasteiger charge is -1.60. The van der Waals surface area contributed by atoms with Crippen LogP contribution >= 0.6 is 0 Å². The molecule has 0 bridgehead atoms. The summed E-state index contributed by atoms with van der Waals surface area (Å²) in [5.74, 6) is 0. The van der Waals surface area contributed by atoms with Crippen molar-refractivity contribution in [2.75, 3.05) is 0 Å². The Balaban J connectivity index is -0.0000000750. The molecule has 0 aliphatic rings. The van der Waals surface area contributed by atoms with Gasteiger partial charge in [-0.3, -0.25) is 0 Å². The summed E-state index contributed by atoms with van der Waals surface area (Å²) in [6.07, 6.45) is -1.33. The quantitative estimate of drug-likeness (QED) is 0.563. The molecule has 0 atom stereocenters. The van der Waals surface area contributed by atoms with Crippen molar-refractivity contribution in [3.8, 4) is 0 Å². The molecule has 0 aromatic heterocycles. The first kappa shape index (κ1) is 15.8. The Labute approximate surface area is 56.9 Å². The molecule has 0 spiro atoms. The molecule has 0 aromatic rings. The van der Waals surface area contributed by atoms with E-state index in [0.717, 1.165) is 0 Å². The second-order valence-corrected chi connectivity index (χ2v) is 0.591. The van der Waals surface area contributed by atoms with Crippen molar-refractivity contribution in [3.63, 3.8) is 0 Å². The molecule has 0 heterocycles. The summed E-state index contributed by atoms with van der Waals surface area (Å²) < 4.78 is 20.1. The van der Waals surface area contributed by atoms with Crippen molar-refractivity contribution >= 4 is 6.16 Å². The van der Waals surface area contributed by atoms with Crippen LogP contribution in [0.1, 0.15) is 0 Å². The van der Waals surface area contributed by atoms with E-state index in [-0.39, 0.29) is 12.7 Å². The molecule has 0 unspecified atom stereocenters. The SMILES string of the molecule is C=CF.C=CF.O=C(O)O. The maximum atomic E-state index is 10.1. The minimum atomic E-state index is -1.83. The fourth-order valence-electron chi connectivity index (χ4n) is 0. The number of carbonyl (C=O) groups is 1. The zero-order valence-electron chi connectivity index (χ0n) is 5.13. The minimum absolute atomic E-state index is 0.250. The number of hydrogen-bond donors (Lipinski definition) is 2. The second-order valence-electron chi connectivity index (χ2n) is 0.591. The van der Waals surface area contributed by atoms with Crippen molar-refractivity contribution in [2.24, 2.45) is 0 Å². The first-order chi connectivity index (χ1) is 4.56. The predicted octanol–water partition coefficient (Wildman–Crippen LogP) is 2.42. The van der Waals surface area contributed by atoms with Gasteiger partial charge in [-0.25, -0.2) is 13.6 Å². The fourth-order valence-corrected chi connectivity index (χ4v) is 0. The standard InChI is InChI=1S/2C2H3F.CH2O3/c2*1-2-3;2-1(3)4/h2*2H,1H2;(H2,2,3,4). The van der Waals surface area contributed by atoms with E-state index < -0.39 is 6.16 Å². The molecule has 5 heteroatoms. The third kappa shape index (κ3) is 108. The van der Waals surface area contributed by atoms with Crippen molar-refractivity contribution in [2.45, 2.75) is 0 Å². The average molecular weight is 154 g/mol. The molecule has 60 valence electrons. The third-order valence-corrected chi connectivity index (χ3v) is 0. The Morgan fingerprint density at radius 3 is 1.20 bits per heavy atom. The van der Waals surface area contributed by atoms with Crippen molar-refractivity contribution < 1.29 is 23.8 Å². The second kappa shape index (κ2) is 25.5. The molecule has 0 aliphatic carbocycles. The van der Waals surface area contributed by atoms with E-state index in [0.29, 0.717) is 0 Å². The van der Waals surface area contributed by atoms with Crippen LogP contribution in [0.5, 0.6) is 0 Å². The van der Waals surface area contributed by atoms with E-state index in [4.69, 9.17) is 15.0 Å². The molecule has 0 radical (unpaired) electrons. The molecule has 3 nitrogen and oxygen atoms in total. The molecule has 0 saturated carbocycles. The van der Waals surface area contributed by atoms with Crippen LogP contribution in [0.15, 0.2) is 25.8 Å². The van der Waals surface area contributed by atoms with Crippen LogP contribution in [-0.4, -0.2) is 16.4 Å². The zero-order chi connectivity index (χ0) is 8.99. The molecule has 0 amide bonds. The molecule has 0 fully saturated rings. The summed E-state index contributed by atoms with van der Waals surface area (Å²) in [6, 6.07) is 0. The number of halogens is 2. The zero-order valence-corrected chi connectivity index (χ0v) is 5.13. The minimum Gasteiger partial charge on any atom is -0.450 e. The smallest absolute Gasteiger partial charge is 0.450 e. The number of hydrogen-bond acceptors (Lipinski definition) is 1. The topological polar surface area (TPSA) is 57.5 Å². The van der Waals surface area contributed by atoms with Gasteiger partial charge in [0, 0.05) is 0 Å². The van der Waals surface area contributed by atoms with Crippen LogP contribution < -0.4 is 0 Å². The van der Waals surface area contributed by atoms with Crippen LogP contribution in [0.3, 0.4) is 0 Å². The van der Waals surface area contributed by atoms with Crippen LogP contribution in [0.4, 0.5) is 13.6 Å². The van der Waals surface area contributed by atoms with E-state index in [2.05, 4.69) is 13.2 Å². The van der Waals surface area contributed by atoms with Gasteiger partial charge in [-0.05, 0) is 0 Å². The van der Waals surface area contributed by atoms with Gasteiger partial charge in [0.25, 0.3) is 0 Å². The van der Waals surface area contributed by atoms with Gasteiger partial charge in [0.1, 0.15) is 0 Å². The Bertz CT molecular complexity index is 82.9. The summed E-state index contributed by atoms with van der Waals surface area (Å²) in [5.41, 5.74) is 0. The highest BCUT2D eigenvalue weighted by atomic mass is 19.1. The van der Waals surface area contributed by atoms with Gasteiger partial charge in [0.15, 0.2) is 0 Å². The van der Waals surface area contributed by atoms with Crippen molar-refractivity contribution in [3.05, 3.63) is 25.8 Å². The molecular formula is C5H8F2O3. The summed E-state index contributed by atoms with van der Waals surface area (Å²) >= 11 is 0. The Kier molecular flexibility index (Phi) is 40.4. The maximum absolute atomic E-state index is 10.1. The predicted molar refractivity (Wildman–Crippen MR) is 33.3 cm³/mol. The van der Waals surface area contributed by atoms with Crippen LogP contribution in [0.25, 0.3) is 0 Å². The van der Waals surface area contributed by atoms with Crippen molar-refractivity contribution in [1.82, 2.24) is 0 Å². The third-order valence-electron chi connectivity index (χ3n) is 0. The maximum Gasteiger partial charge on any atom is 0.503 e. The summed E-state index contributed by atoms with van der Waals surface area (Å²) in [5, 5.41) is 13.9. The first-order valence-corrected chi connectivity index (χ1v) is 1.90. The lowest BCUT2D eigenvalue weighted by Crippen LogP contribution is -1.81. The van der Waals surface area contributed by atoms with Gasteiger partial charge in [-0.2, -0.15) is 0 Å². The summed E-state index contributed by atoms with van der Waals surface area (Å²) in [4.78, 5) is 8.56. The van der Waals surface area contributed by atoms with Gasteiger partial charge >= 0.3 is 6.16 Å². The largest absolute Gasteiger partial charge is 0.503 e. The normalized spacial score (nSPS) is 5.00. The highest BCUT2D eigenvalue weighted by Gasteiger charge is 1.70.